The standard InChI is InChI=1S/C11H18BrNO3/c1-7(16-11(2,3)4)13-6-5-8(14)9(12)10(13)15/h7,9H,5-6H2,1-4H3. The number of piperidine rings is 1. The number of rotatable bonds is 2. The van der Waals surface area contributed by atoms with Crippen molar-refractivity contribution in [1.82, 2.24) is 4.90 Å². The lowest BCUT2D eigenvalue weighted by Gasteiger charge is -2.37. The van der Waals surface area contributed by atoms with E-state index >= 15 is 0 Å². The number of ketones is 1. The van der Waals surface area contributed by atoms with Crippen LogP contribution in [0.1, 0.15) is 34.1 Å². The van der Waals surface area contributed by atoms with E-state index in [1.807, 2.05) is 27.7 Å². The first-order valence-corrected chi connectivity index (χ1v) is 6.29. The summed E-state index contributed by atoms with van der Waals surface area (Å²) in [6.45, 7) is 8.09. The Balaban J connectivity index is 2.67. The van der Waals surface area contributed by atoms with Gasteiger partial charge >= 0.3 is 0 Å². The first-order chi connectivity index (χ1) is 7.22. The molecule has 2 unspecified atom stereocenters. The summed E-state index contributed by atoms with van der Waals surface area (Å²) >= 11 is 3.11. The van der Waals surface area contributed by atoms with Gasteiger partial charge in [0.2, 0.25) is 5.91 Å². The van der Waals surface area contributed by atoms with Crippen molar-refractivity contribution in [2.45, 2.75) is 50.8 Å². The van der Waals surface area contributed by atoms with Crippen LogP contribution in [0.3, 0.4) is 0 Å². The van der Waals surface area contributed by atoms with Crippen LogP contribution in [0, 0.1) is 0 Å². The highest BCUT2D eigenvalue weighted by atomic mass is 79.9. The number of ether oxygens (including phenoxy) is 1. The number of hydrogen-bond donors (Lipinski definition) is 0. The Kier molecular flexibility index (Phi) is 4.12. The number of amides is 1. The normalized spacial score (nSPS) is 24.8. The van der Waals surface area contributed by atoms with Crippen LogP contribution in [-0.2, 0) is 14.3 Å². The van der Waals surface area contributed by atoms with Gasteiger partial charge in [-0.05, 0) is 27.7 Å². The average Bonchev–Trinajstić information content (AvgIpc) is 2.11. The van der Waals surface area contributed by atoms with Crippen molar-refractivity contribution in [3.63, 3.8) is 0 Å². The summed E-state index contributed by atoms with van der Waals surface area (Å²) in [4.78, 5) is 24.1. The van der Waals surface area contributed by atoms with Gasteiger partial charge in [0.05, 0.1) is 5.60 Å². The fraction of sp³-hybridized carbons (Fsp3) is 0.818. The number of nitrogens with zero attached hydrogens (tertiary/aromatic N) is 1. The fourth-order valence-electron chi connectivity index (χ4n) is 1.69. The quantitative estimate of drug-likeness (QED) is 0.575. The largest absolute Gasteiger partial charge is 0.353 e. The first-order valence-electron chi connectivity index (χ1n) is 5.37. The number of carbonyl (C=O) groups excluding carboxylic acids is 2. The van der Waals surface area contributed by atoms with Crippen LogP contribution in [0.4, 0.5) is 0 Å². The Labute approximate surface area is 104 Å². The molecule has 0 aromatic rings. The summed E-state index contributed by atoms with van der Waals surface area (Å²) in [6, 6.07) is 0. The van der Waals surface area contributed by atoms with Crippen LogP contribution in [0.25, 0.3) is 0 Å². The summed E-state index contributed by atoms with van der Waals surface area (Å²) in [5, 5.41) is 0. The molecular formula is C11H18BrNO3. The Morgan fingerprint density at radius 3 is 2.50 bits per heavy atom. The Morgan fingerprint density at radius 1 is 1.44 bits per heavy atom. The summed E-state index contributed by atoms with van der Waals surface area (Å²) in [7, 11) is 0. The maximum Gasteiger partial charge on any atom is 0.245 e. The molecule has 0 radical (unpaired) electrons. The third-order valence-electron chi connectivity index (χ3n) is 2.34. The van der Waals surface area contributed by atoms with Crippen LogP contribution in [-0.4, -0.2) is 39.8 Å². The van der Waals surface area contributed by atoms with Crippen molar-refractivity contribution in [2.24, 2.45) is 0 Å². The summed E-state index contributed by atoms with van der Waals surface area (Å²) < 4.78 is 5.70. The van der Waals surface area contributed by atoms with E-state index in [9.17, 15) is 9.59 Å². The van der Waals surface area contributed by atoms with Crippen molar-refractivity contribution in [2.75, 3.05) is 6.54 Å². The van der Waals surface area contributed by atoms with Crippen molar-refractivity contribution in [3.8, 4) is 0 Å². The molecule has 0 N–H and O–H groups in total. The Hall–Kier alpha value is -0.420. The zero-order valence-corrected chi connectivity index (χ0v) is 11.7. The molecule has 4 nitrogen and oxygen atoms in total. The second-order valence-electron chi connectivity index (χ2n) is 4.94. The van der Waals surface area contributed by atoms with Crippen molar-refractivity contribution in [3.05, 3.63) is 0 Å². The number of carbonyl (C=O) groups is 2. The SMILES string of the molecule is CC(OC(C)(C)C)N1CCC(=O)C(Br)C1=O. The monoisotopic (exact) mass is 291 g/mol. The van der Waals surface area contributed by atoms with E-state index in [4.69, 9.17) is 4.74 Å². The van der Waals surface area contributed by atoms with Gasteiger partial charge in [0.25, 0.3) is 0 Å². The molecule has 1 heterocycles. The third-order valence-corrected chi connectivity index (χ3v) is 3.25. The lowest BCUT2D eigenvalue weighted by atomic mass is 10.1. The van der Waals surface area contributed by atoms with E-state index in [-0.39, 0.29) is 23.5 Å². The smallest absolute Gasteiger partial charge is 0.245 e. The summed E-state index contributed by atoms with van der Waals surface area (Å²) in [6.07, 6.45) is 0.0834. The number of likely N-dealkylation sites (tertiary alicyclic amines) is 1. The first kappa shape index (κ1) is 13.6. The Morgan fingerprint density at radius 2 is 2.00 bits per heavy atom. The van der Waals surface area contributed by atoms with Gasteiger partial charge in [-0.2, -0.15) is 0 Å². The minimum absolute atomic E-state index is 0.0517. The lowest BCUT2D eigenvalue weighted by Crippen LogP contribution is -2.52. The third kappa shape index (κ3) is 3.28. The molecule has 92 valence electrons. The van der Waals surface area contributed by atoms with Crippen molar-refractivity contribution >= 4 is 27.6 Å². The van der Waals surface area contributed by atoms with Crippen LogP contribution in [0.15, 0.2) is 0 Å². The number of halogens is 1. The van der Waals surface area contributed by atoms with Crippen LogP contribution < -0.4 is 0 Å². The van der Waals surface area contributed by atoms with Gasteiger partial charge in [0.15, 0.2) is 10.6 Å². The zero-order chi connectivity index (χ0) is 12.5. The van der Waals surface area contributed by atoms with Gasteiger partial charge in [0, 0.05) is 13.0 Å². The molecule has 0 aliphatic carbocycles. The van der Waals surface area contributed by atoms with Gasteiger partial charge in [-0.25, -0.2) is 0 Å². The molecule has 5 heteroatoms. The molecule has 1 fully saturated rings. The predicted molar refractivity (Wildman–Crippen MR) is 64.4 cm³/mol. The molecule has 2 atom stereocenters. The van der Waals surface area contributed by atoms with E-state index in [1.54, 1.807) is 4.90 Å². The second-order valence-corrected chi connectivity index (χ2v) is 5.86. The van der Waals surface area contributed by atoms with Crippen molar-refractivity contribution < 1.29 is 14.3 Å². The molecule has 1 aliphatic heterocycles. The number of hydrogen-bond acceptors (Lipinski definition) is 3. The number of alkyl halides is 1. The number of Topliss-reactive ketones (excluding diaryl/α,β-unsaturated/α-hetero) is 1. The molecule has 0 aromatic carbocycles. The minimum Gasteiger partial charge on any atom is -0.353 e. The van der Waals surface area contributed by atoms with Gasteiger partial charge in [-0.1, -0.05) is 15.9 Å². The molecule has 1 saturated heterocycles. The fourth-order valence-corrected chi connectivity index (χ4v) is 2.18. The zero-order valence-electron chi connectivity index (χ0n) is 10.1. The van der Waals surface area contributed by atoms with E-state index in [0.29, 0.717) is 13.0 Å². The van der Waals surface area contributed by atoms with E-state index in [2.05, 4.69) is 15.9 Å². The second kappa shape index (κ2) is 4.84. The van der Waals surface area contributed by atoms with Crippen LogP contribution in [0.2, 0.25) is 0 Å². The molecule has 1 amide bonds. The van der Waals surface area contributed by atoms with Crippen molar-refractivity contribution in [1.29, 1.82) is 0 Å². The Bertz CT molecular complexity index is 298. The molecule has 0 aromatic heterocycles. The molecule has 0 spiro atoms. The highest BCUT2D eigenvalue weighted by Crippen LogP contribution is 2.21. The van der Waals surface area contributed by atoms with E-state index in [0.717, 1.165) is 0 Å². The average molecular weight is 292 g/mol. The highest BCUT2D eigenvalue weighted by Gasteiger charge is 2.36. The lowest BCUT2D eigenvalue weighted by molar-refractivity contribution is -0.162. The highest BCUT2D eigenvalue weighted by molar-refractivity contribution is 9.10. The molecular weight excluding hydrogens is 274 g/mol. The maximum absolute atomic E-state index is 11.8. The summed E-state index contributed by atoms with van der Waals surface area (Å²) in [5.74, 6) is -0.253. The van der Waals surface area contributed by atoms with Crippen LogP contribution in [0.5, 0.6) is 0 Å². The van der Waals surface area contributed by atoms with Gasteiger partial charge in [-0.15, -0.1) is 0 Å². The van der Waals surface area contributed by atoms with E-state index < -0.39 is 4.83 Å². The van der Waals surface area contributed by atoms with Gasteiger partial charge < -0.3 is 9.64 Å². The topological polar surface area (TPSA) is 46.6 Å². The van der Waals surface area contributed by atoms with Crippen LogP contribution >= 0.6 is 15.9 Å². The van der Waals surface area contributed by atoms with Gasteiger partial charge in [0.1, 0.15) is 6.23 Å². The molecule has 1 aliphatic rings. The van der Waals surface area contributed by atoms with E-state index in [1.165, 1.54) is 0 Å². The molecule has 16 heavy (non-hydrogen) atoms. The minimum atomic E-state index is -0.702. The van der Waals surface area contributed by atoms with Gasteiger partial charge in [-0.3, -0.25) is 9.59 Å². The predicted octanol–water partition coefficient (Wildman–Crippen LogP) is 1.71. The summed E-state index contributed by atoms with van der Waals surface area (Å²) in [5.41, 5.74) is -0.303. The molecule has 0 saturated carbocycles. The maximum atomic E-state index is 11.8. The molecule has 0 bridgehead atoms. The molecule has 1 rings (SSSR count).